The second-order valence-electron chi connectivity index (χ2n) is 8.16. The van der Waals surface area contributed by atoms with Crippen molar-refractivity contribution < 1.29 is 22.6 Å². The van der Waals surface area contributed by atoms with Crippen LogP contribution in [0.15, 0.2) is 71.3 Å². The Bertz CT molecular complexity index is 918. The minimum absolute atomic E-state index is 0.623. The molecule has 0 saturated carbocycles. The minimum atomic E-state index is -4.34. The van der Waals surface area contributed by atoms with E-state index in [9.17, 15) is 13.2 Å². The average molecular weight is 480 g/mol. The van der Waals surface area contributed by atoms with Gasteiger partial charge in [0, 0.05) is 44.5 Å². The van der Waals surface area contributed by atoms with Crippen LogP contribution in [0.3, 0.4) is 0 Å². The van der Waals surface area contributed by atoms with Gasteiger partial charge < -0.3 is 14.4 Å². The molecular formula is C24H28F3N3O2S. The van der Waals surface area contributed by atoms with Crippen LogP contribution in [-0.4, -0.2) is 53.3 Å². The van der Waals surface area contributed by atoms with E-state index >= 15 is 0 Å². The molecule has 3 heterocycles. The van der Waals surface area contributed by atoms with Crippen molar-refractivity contribution in [2.75, 3.05) is 38.5 Å². The van der Waals surface area contributed by atoms with Crippen LogP contribution < -0.4 is 0 Å². The highest BCUT2D eigenvalue weighted by atomic mass is 32.2. The van der Waals surface area contributed by atoms with Gasteiger partial charge in [0.15, 0.2) is 6.26 Å². The van der Waals surface area contributed by atoms with Gasteiger partial charge >= 0.3 is 6.18 Å². The van der Waals surface area contributed by atoms with Crippen LogP contribution in [0.2, 0.25) is 0 Å². The second-order valence-corrected chi connectivity index (χ2v) is 9.27. The first-order valence-electron chi connectivity index (χ1n) is 11.2. The molecule has 2 aliphatic heterocycles. The summed E-state index contributed by atoms with van der Waals surface area (Å²) in [5.41, 5.74) is 0.642. The molecule has 0 bridgehead atoms. The number of rotatable bonds is 8. The summed E-state index contributed by atoms with van der Waals surface area (Å²) in [6, 6.07) is 2.53. The van der Waals surface area contributed by atoms with E-state index in [4.69, 9.17) is 9.47 Å². The first-order chi connectivity index (χ1) is 16.0. The molecular weight excluding hydrogens is 451 g/mol. The number of alkyl halides is 3. The zero-order valence-electron chi connectivity index (χ0n) is 18.4. The summed E-state index contributed by atoms with van der Waals surface area (Å²) in [7, 11) is 0. The summed E-state index contributed by atoms with van der Waals surface area (Å²) in [5, 5.41) is 0.623. The van der Waals surface area contributed by atoms with Gasteiger partial charge in [0.1, 0.15) is 12.0 Å². The van der Waals surface area contributed by atoms with Crippen molar-refractivity contribution in [2.45, 2.75) is 36.9 Å². The number of thioether (sulfide) groups is 1. The fourth-order valence-corrected chi connectivity index (χ4v) is 4.63. The first kappa shape index (κ1) is 23.8. The monoisotopic (exact) mass is 479 g/mol. The summed E-state index contributed by atoms with van der Waals surface area (Å²) >= 11 is 1.49. The zero-order valence-corrected chi connectivity index (χ0v) is 19.2. The third-order valence-electron chi connectivity index (χ3n) is 5.74. The summed E-state index contributed by atoms with van der Waals surface area (Å²) < 4.78 is 49.4. The first-order valence-corrected chi connectivity index (χ1v) is 12.2. The van der Waals surface area contributed by atoms with Gasteiger partial charge in [-0.1, -0.05) is 23.8 Å². The molecule has 1 saturated heterocycles. The summed E-state index contributed by atoms with van der Waals surface area (Å²) in [4.78, 5) is 8.49. The largest absolute Gasteiger partial charge is 0.460 e. The fourth-order valence-electron chi connectivity index (χ4n) is 3.85. The standard InChI is InChI=1S/C24H28F3N3O2S/c25-24(26,27)20-7-8-22(28-16-20)33-14-4-9-29-10-12-30(13-11-29)23-18-31-21(17-32-23)15-19-5-2-1-3-6-19/h1-2,5,7-8,16-18H,3-4,6,9-15H2. The molecule has 0 atom stereocenters. The molecule has 0 spiro atoms. The topological polar surface area (TPSA) is 37.8 Å². The fraction of sp³-hybridized carbons (Fsp3) is 0.458. The van der Waals surface area contributed by atoms with Gasteiger partial charge in [-0.2, -0.15) is 13.2 Å². The average Bonchev–Trinajstić information content (AvgIpc) is 2.83. The van der Waals surface area contributed by atoms with Crippen LogP contribution in [0.25, 0.3) is 0 Å². The molecule has 33 heavy (non-hydrogen) atoms. The van der Waals surface area contributed by atoms with E-state index in [0.717, 1.165) is 88.1 Å². The molecule has 1 aromatic heterocycles. The van der Waals surface area contributed by atoms with Gasteiger partial charge in [0.25, 0.3) is 0 Å². The van der Waals surface area contributed by atoms with Crippen molar-refractivity contribution >= 4 is 11.8 Å². The Hall–Kier alpha value is -2.39. The van der Waals surface area contributed by atoms with Gasteiger partial charge in [0.05, 0.1) is 10.6 Å². The number of ether oxygens (including phenoxy) is 2. The number of pyridine rings is 1. The summed E-state index contributed by atoms with van der Waals surface area (Å²) in [6.45, 7) is 4.54. The number of nitrogens with zero attached hydrogens (tertiary/aromatic N) is 3. The molecule has 0 unspecified atom stereocenters. The Morgan fingerprint density at radius 2 is 1.91 bits per heavy atom. The van der Waals surface area contributed by atoms with Crippen molar-refractivity contribution in [1.29, 1.82) is 0 Å². The van der Waals surface area contributed by atoms with Gasteiger partial charge in [0.2, 0.25) is 5.88 Å². The Morgan fingerprint density at radius 3 is 2.55 bits per heavy atom. The highest BCUT2D eigenvalue weighted by Gasteiger charge is 2.30. The van der Waals surface area contributed by atoms with Crippen LogP contribution in [0, 0.1) is 0 Å². The number of allylic oxidation sites excluding steroid dienone is 4. The molecule has 5 nitrogen and oxygen atoms in total. The lowest BCUT2D eigenvalue weighted by molar-refractivity contribution is -0.137. The molecule has 1 aromatic rings. The maximum Gasteiger partial charge on any atom is 0.417 e. The molecule has 1 fully saturated rings. The molecule has 0 N–H and O–H groups in total. The third-order valence-corrected chi connectivity index (χ3v) is 6.77. The number of hydrogen-bond acceptors (Lipinski definition) is 6. The third kappa shape index (κ3) is 7.04. The SMILES string of the molecule is FC(F)(F)c1ccc(SCCCN2CCN(C3=COC(CC4=CC=CCC4)=CO3)CC2)nc1. The van der Waals surface area contributed by atoms with E-state index in [0.29, 0.717) is 5.03 Å². The molecule has 178 valence electrons. The summed E-state index contributed by atoms with van der Waals surface area (Å²) in [5.74, 6) is 2.40. The Balaban J connectivity index is 1.11. The van der Waals surface area contributed by atoms with E-state index in [1.54, 1.807) is 12.5 Å². The lowest BCUT2D eigenvalue weighted by atomic mass is 10.0. The lowest BCUT2D eigenvalue weighted by Crippen LogP contribution is -2.46. The smallest absolute Gasteiger partial charge is 0.417 e. The Kier molecular flexibility index (Phi) is 8.03. The van der Waals surface area contributed by atoms with E-state index in [1.165, 1.54) is 23.4 Å². The minimum Gasteiger partial charge on any atom is -0.460 e. The Labute approximate surface area is 196 Å². The van der Waals surface area contributed by atoms with Crippen molar-refractivity contribution in [1.82, 2.24) is 14.8 Å². The van der Waals surface area contributed by atoms with E-state index in [2.05, 4.69) is 33.0 Å². The number of halogens is 3. The van der Waals surface area contributed by atoms with Crippen molar-refractivity contribution in [3.63, 3.8) is 0 Å². The van der Waals surface area contributed by atoms with Crippen molar-refractivity contribution in [3.05, 3.63) is 71.9 Å². The molecule has 9 heteroatoms. The van der Waals surface area contributed by atoms with Crippen LogP contribution in [0.4, 0.5) is 13.2 Å². The van der Waals surface area contributed by atoms with Gasteiger partial charge in [-0.3, -0.25) is 4.90 Å². The molecule has 0 radical (unpaired) electrons. The predicted octanol–water partition coefficient (Wildman–Crippen LogP) is 5.55. The van der Waals surface area contributed by atoms with E-state index < -0.39 is 11.7 Å². The lowest BCUT2D eigenvalue weighted by Gasteiger charge is -2.36. The van der Waals surface area contributed by atoms with Crippen LogP contribution in [-0.2, 0) is 15.7 Å². The molecule has 1 aliphatic carbocycles. The van der Waals surface area contributed by atoms with Gasteiger partial charge in [-0.25, -0.2) is 4.98 Å². The molecule has 3 aliphatic rings. The van der Waals surface area contributed by atoms with Gasteiger partial charge in [-0.05, 0) is 37.9 Å². The number of piperazine rings is 1. The molecule has 4 rings (SSSR count). The maximum absolute atomic E-state index is 12.6. The molecule has 0 amide bonds. The molecule has 0 aromatic carbocycles. The van der Waals surface area contributed by atoms with Crippen LogP contribution >= 0.6 is 11.8 Å². The number of hydrogen-bond donors (Lipinski definition) is 0. The maximum atomic E-state index is 12.6. The number of aromatic nitrogens is 1. The second kappa shape index (κ2) is 11.2. The normalized spacial score (nSPS) is 19.4. The quantitative estimate of drug-likeness (QED) is 0.359. The highest BCUT2D eigenvalue weighted by molar-refractivity contribution is 7.99. The van der Waals surface area contributed by atoms with Crippen molar-refractivity contribution in [3.8, 4) is 0 Å². The zero-order chi connectivity index (χ0) is 23.1. The van der Waals surface area contributed by atoms with Crippen LogP contribution in [0.5, 0.6) is 0 Å². The predicted molar refractivity (Wildman–Crippen MR) is 122 cm³/mol. The van der Waals surface area contributed by atoms with Crippen molar-refractivity contribution in [2.24, 2.45) is 0 Å². The van der Waals surface area contributed by atoms with E-state index in [1.807, 2.05) is 0 Å². The highest BCUT2D eigenvalue weighted by Crippen LogP contribution is 2.30. The Morgan fingerprint density at radius 1 is 1.06 bits per heavy atom. The van der Waals surface area contributed by atoms with Crippen LogP contribution in [0.1, 0.15) is 31.2 Å². The van der Waals surface area contributed by atoms with E-state index in [-0.39, 0.29) is 0 Å². The summed E-state index contributed by atoms with van der Waals surface area (Å²) in [6.07, 6.45) is 10.3. The van der Waals surface area contributed by atoms with Gasteiger partial charge in [-0.15, -0.1) is 11.8 Å².